The minimum atomic E-state index is 0.503. The van der Waals surface area contributed by atoms with Crippen LogP contribution in [0, 0.1) is 0 Å². The van der Waals surface area contributed by atoms with Gasteiger partial charge in [0.1, 0.15) is 0 Å². The van der Waals surface area contributed by atoms with Crippen LogP contribution in [0.5, 0.6) is 0 Å². The smallest absolute Gasteiger partial charge is 0.0933 e. The van der Waals surface area contributed by atoms with Gasteiger partial charge in [0.2, 0.25) is 0 Å². The summed E-state index contributed by atoms with van der Waals surface area (Å²) in [4.78, 5) is 2.13. The highest BCUT2D eigenvalue weighted by molar-refractivity contribution is 4.71. The molecule has 0 aromatic rings. The van der Waals surface area contributed by atoms with E-state index in [1.807, 2.05) is 0 Å². The molecule has 0 aliphatic carbocycles. The van der Waals surface area contributed by atoms with Crippen molar-refractivity contribution >= 4 is 0 Å². The van der Waals surface area contributed by atoms with Crippen LogP contribution in [0.4, 0.5) is 0 Å². The van der Waals surface area contributed by atoms with Crippen LogP contribution in [0.1, 0.15) is 12.8 Å². The lowest BCUT2D eigenvalue weighted by atomic mass is 10.4. The summed E-state index contributed by atoms with van der Waals surface area (Å²) >= 11 is 0. The van der Waals surface area contributed by atoms with E-state index in [4.69, 9.17) is 16.2 Å². The standard InChI is InChI=1S/C6H14N2O.C5H14N2/c7-2-1-3-8-4-6-5-9-6;1-7(2)5-3-4-6/h6,8H,1-5,7H2;3-6H2,1-2H3. The maximum atomic E-state index is 5.29. The summed E-state index contributed by atoms with van der Waals surface area (Å²) in [5, 5.41) is 3.24. The highest BCUT2D eigenvalue weighted by Crippen LogP contribution is 2.05. The number of epoxide rings is 1. The van der Waals surface area contributed by atoms with Crippen molar-refractivity contribution in [2.24, 2.45) is 11.5 Å². The molecule has 1 fully saturated rings. The number of hydrogen-bond donors (Lipinski definition) is 3. The first kappa shape index (κ1) is 15.8. The molecule has 1 aliphatic heterocycles. The molecule has 1 heterocycles. The van der Waals surface area contributed by atoms with Gasteiger partial charge >= 0.3 is 0 Å². The molecular weight excluding hydrogens is 204 g/mol. The molecular formula is C11H28N4O. The first-order valence-corrected chi connectivity index (χ1v) is 6.08. The highest BCUT2D eigenvalue weighted by Gasteiger charge is 2.20. The van der Waals surface area contributed by atoms with Crippen molar-refractivity contribution in [1.29, 1.82) is 0 Å². The Balaban J connectivity index is 0.000000293. The zero-order valence-corrected chi connectivity index (χ0v) is 10.7. The third-order valence-electron chi connectivity index (χ3n) is 2.14. The average molecular weight is 232 g/mol. The molecule has 0 saturated carbocycles. The summed E-state index contributed by atoms with van der Waals surface area (Å²) in [7, 11) is 4.10. The van der Waals surface area contributed by atoms with Gasteiger partial charge in [-0.1, -0.05) is 0 Å². The molecule has 1 aliphatic rings. The van der Waals surface area contributed by atoms with Crippen molar-refractivity contribution in [3.63, 3.8) is 0 Å². The van der Waals surface area contributed by atoms with Crippen LogP contribution in [0.2, 0.25) is 0 Å². The molecule has 5 N–H and O–H groups in total. The second-order valence-electron chi connectivity index (χ2n) is 4.25. The van der Waals surface area contributed by atoms with Crippen molar-refractivity contribution in [2.75, 3.05) is 53.4 Å². The van der Waals surface area contributed by atoms with Crippen LogP contribution in [0.15, 0.2) is 0 Å². The summed E-state index contributed by atoms with van der Waals surface area (Å²) < 4.78 is 4.99. The fraction of sp³-hybridized carbons (Fsp3) is 1.00. The van der Waals surface area contributed by atoms with E-state index in [1.54, 1.807) is 0 Å². The maximum absolute atomic E-state index is 5.29. The van der Waals surface area contributed by atoms with E-state index in [2.05, 4.69) is 24.3 Å². The second kappa shape index (κ2) is 11.3. The van der Waals surface area contributed by atoms with E-state index >= 15 is 0 Å². The molecule has 0 bridgehead atoms. The van der Waals surface area contributed by atoms with Gasteiger partial charge < -0.3 is 26.4 Å². The van der Waals surface area contributed by atoms with Gasteiger partial charge in [0, 0.05) is 6.54 Å². The van der Waals surface area contributed by atoms with Gasteiger partial charge in [-0.25, -0.2) is 0 Å². The van der Waals surface area contributed by atoms with E-state index in [0.717, 1.165) is 52.2 Å². The van der Waals surface area contributed by atoms with Crippen LogP contribution in [-0.4, -0.2) is 64.4 Å². The first-order valence-electron chi connectivity index (χ1n) is 6.08. The van der Waals surface area contributed by atoms with Gasteiger partial charge in [-0.3, -0.25) is 0 Å². The van der Waals surface area contributed by atoms with E-state index in [-0.39, 0.29) is 0 Å². The van der Waals surface area contributed by atoms with Gasteiger partial charge in [0.05, 0.1) is 12.7 Å². The lowest BCUT2D eigenvalue weighted by Crippen LogP contribution is -2.22. The Kier molecular flexibility index (Phi) is 11.1. The molecule has 1 unspecified atom stereocenters. The van der Waals surface area contributed by atoms with Crippen LogP contribution < -0.4 is 16.8 Å². The molecule has 1 saturated heterocycles. The first-order chi connectivity index (χ1) is 7.70. The zero-order chi connectivity index (χ0) is 12.2. The Labute approximate surface area is 99.5 Å². The van der Waals surface area contributed by atoms with Crippen molar-refractivity contribution in [3.8, 4) is 0 Å². The molecule has 1 rings (SSSR count). The van der Waals surface area contributed by atoms with Crippen LogP contribution in [0.25, 0.3) is 0 Å². The summed E-state index contributed by atoms with van der Waals surface area (Å²) in [6.45, 7) is 5.65. The van der Waals surface area contributed by atoms with Crippen LogP contribution in [0.3, 0.4) is 0 Å². The number of hydrogen-bond acceptors (Lipinski definition) is 5. The van der Waals surface area contributed by atoms with Crippen molar-refractivity contribution in [2.45, 2.75) is 18.9 Å². The summed E-state index contributed by atoms with van der Waals surface area (Å²) in [6.07, 6.45) is 2.67. The number of rotatable bonds is 8. The fourth-order valence-corrected chi connectivity index (χ4v) is 1.08. The van der Waals surface area contributed by atoms with E-state index in [9.17, 15) is 0 Å². The van der Waals surface area contributed by atoms with Gasteiger partial charge in [-0.05, 0) is 53.1 Å². The van der Waals surface area contributed by atoms with Crippen molar-refractivity contribution < 1.29 is 4.74 Å². The maximum Gasteiger partial charge on any atom is 0.0933 e. The molecule has 0 aromatic carbocycles. The lowest BCUT2D eigenvalue weighted by molar-refractivity contribution is 0.396. The minimum absolute atomic E-state index is 0.503. The summed E-state index contributed by atoms with van der Waals surface area (Å²) in [5.74, 6) is 0. The molecule has 5 heteroatoms. The SMILES string of the molecule is CN(C)CCCN.NCCCNCC1CO1. The summed E-state index contributed by atoms with van der Waals surface area (Å²) in [5.41, 5.74) is 10.5. The number of nitrogens with two attached hydrogens (primary N) is 2. The minimum Gasteiger partial charge on any atom is -0.372 e. The van der Waals surface area contributed by atoms with Crippen molar-refractivity contribution in [3.05, 3.63) is 0 Å². The summed E-state index contributed by atoms with van der Waals surface area (Å²) in [6, 6.07) is 0. The van der Waals surface area contributed by atoms with Gasteiger partial charge in [-0.2, -0.15) is 0 Å². The average Bonchev–Trinajstić information content (AvgIpc) is 3.06. The molecule has 0 spiro atoms. The van der Waals surface area contributed by atoms with Crippen LogP contribution in [-0.2, 0) is 4.74 Å². The van der Waals surface area contributed by atoms with E-state index in [1.165, 1.54) is 0 Å². The Morgan fingerprint density at radius 2 is 1.88 bits per heavy atom. The van der Waals surface area contributed by atoms with E-state index in [0.29, 0.717) is 6.10 Å². The molecule has 98 valence electrons. The second-order valence-corrected chi connectivity index (χ2v) is 4.25. The molecule has 0 radical (unpaired) electrons. The Hall–Kier alpha value is -0.200. The van der Waals surface area contributed by atoms with Gasteiger partial charge in [0.15, 0.2) is 0 Å². The number of nitrogens with one attached hydrogen (secondary N) is 1. The lowest BCUT2D eigenvalue weighted by Gasteiger charge is -2.05. The molecule has 0 amide bonds. The Bertz CT molecular complexity index is 140. The third kappa shape index (κ3) is 13.8. The van der Waals surface area contributed by atoms with Crippen molar-refractivity contribution in [1.82, 2.24) is 10.2 Å². The normalized spacial score (nSPS) is 18.2. The van der Waals surface area contributed by atoms with Gasteiger partial charge in [0.25, 0.3) is 0 Å². The van der Waals surface area contributed by atoms with E-state index < -0.39 is 0 Å². The fourth-order valence-electron chi connectivity index (χ4n) is 1.08. The topological polar surface area (TPSA) is 79.8 Å². The molecule has 16 heavy (non-hydrogen) atoms. The predicted octanol–water partition coefficient (Wildman–Crippen LogP) is -0.780. The monoisotopic (exact) mass is 232 g/mol. The molecule has 0 aromatic heterocycles. The number of nitrogens with zero attached hydrogens (tertiary/aromatic N) is 1. The van der Waals surface area contributed by atoms with Gasteiger partial charge in [-0.15, -0.1) is 0 Å². The quantitative estimate of drug-likeness (QED) is 0.378. The Morgan fingerprint density at radius 1 is 1.25 bits per heavy atom. The highest BCUT2D eigenvalue weighted by atomic mass is 16.6. The third-order valence-corrected chi connectivity index (χ3v) is 2.14. The largest absolute Gasteiger partial charge is 0.372 e. The predicted molar refractivity (Wildman–Crippen MR) is 68.5 cm³/mol. The molecule has 1 atom stereocenters. The Morgan fingerprint density at radius 3 is 2.25 bits per heavy atom. The number of ether oxygens (including phenoxy) is 1. The molecule has 5 nitrogen and oxygen atoms in total. The van der Waals surface area contributed by atoms with Crippen LogP contribution >= 0.6 is 0 Å². The zero-order valence-electron chi connectivity index (χ0n) is 10.7.